The number of benzene rings is 2. The second kappa shape index (κ2) is 5.87. The molecule has 4 rings (SSSR count). The molecule has 0 aliphatic rings. The van der Waals surface area contributed by atoms with E-state index in [4.69, 9.17) is 23.2 Å². The predicted molar refractivity (Wildman–Crippen MR) is 97.3 cm³/mol. The molecule has 4 nitrogen and oxygen atoms in total. The van der Waals surface area contributed by atoms with Gasteiger partial charge in [0.05, 0.1) is 10.0 Å². The van der Waals surface area contributed by atoms with Crippen LogP contribution in [-0.2, 0) is 0 Å². The number of aromatic nitrogens is 4. The maximum atomic E-state index is 6.09. The summed E-state index contributed by atoms with van der Waals surface area (Å²) >= 11 is 17.0. The summed E-state index contributed by atoms with van der Waals surface area (Å²) < 4.78 is 2.72. The lowest BCUT2D eigenvalue weighted by Gasteiger charge is -1.99. The van der Waals surface area contributed by atoms with Crippen LogP contribution in [0.1, 0.15) is 0 Å². The minimum atomic E-state index is 0.502. The van der Waals surface area contributed by atoms with Crippen molar-refractivity contribution in [1.82, 2.24) is 19.8 Å². The minimum absolute atomic E-state index is 0.502. The van der Waals surface area contributed by atoms with Gasteiger partial charge < -0.3 is 0 Å². The van der Waals surface area contributed by atoms with Gasteiger partial charge in [-0.15, -0.1) is 10.2 Å². The van der Waals surface area contributed by atoms with Crippen molar-refractivity contribution in [2.45, 2.75) is 0 Å². The molecule has 0 spiro atoms. The molecule has 0 aliphatic carbocycles. The summed E-state index contributed by atoms with van der Waals surface area (Å²) in [5.41, 5.74) is 1.84. The van der Waals surface area contributed by atoms with Crippen molar-refractivity contribution in [3.8, 4) is 22.0 Å². The second-order valence-electron chi connectivity index (χ2n) is 4.76. The summed E-state index contributed by atoms with van der Waals surface area (Å²) in [6.45, 7) is 0. The Morgan fingerprint density at radius 3 is 2.61 bits per heavy atom. The van der Waals surface area contributed by atoms with Crippen LogP contribution in [0.15, 0.2) is 46.9 Å². The normalized spacial score (nSPS) is 11.3. The number of halogens is 3. The number of rotatable bonds is 2. The first-order chi connectivity index (χ1) is 11.1. The third-order valence-corrected chi connectivity index (χ3v) is 5.42. The standard InChI is InChI=1S/C15H7BrCl2N4S/c16-10-3-1-2-8(6-10)13-19-20-15-22(13)21-14(23-15)9-4-5-11(17)12(18)7-9/h1-7H. The summed E-state index contributed by atoms with van der Waals surface area (Å²) in [5, 5.41) is 14.9. The van der Waals surface area contributed by atoms with Crippen LogP contribution >= 0.6 is 50.5 Å². The lowest BCUT2D eigenvalue weighted by atomic mass is 10.2. The van der Waals surface area contributed by atoms with Crippen molar-refractivity contribution in [3.63, 3.8) is 0 Å². The summed E-state index contributed by atoms with van der Waals surface area (Å²) in [5.74, 6) is 0.698. The lowest BCUT2D eigenvalue weighted by Crippen LogP contribution is -1.91. The van der Waals surface area contributed by atoms with Gasteiger partial charge in [0, 0.05) is 15.6 Å². The highest BCUT2D eigenvalue weighted by molar-refractivity contribution is 9.10. The number of fused-ring (bicyclic) bond motifs is 1. The Kier molecular flexibility index (Phi) is 3.85. The van der Waals surface area contributed by atoms with Crippen molar-refractivity contribution in [2.24, 2.45) is 0 Å². The zero-order valence-electron chi connectivity index (χ0n) is 11.4. The van der Waals surface area contributed by atoms with E-state index in [1.165, 1.54) is 11.3 Å². The van der Waals surface area contributed by atoms with E-state index in [0.717, 1.165) is 25.6 Å². The van der Waals surface area contributed by atoms with Gasteiger partial charge in [0.2, 0.25) is 4.96 Å². The molecule has 2 aromatic carbocycles. The Balaban J connectivity index is 1.84. The number of nitrogens with zero attached hydrogens (tertiary/aromatic N) is 4. The van der Waals surface area contributed by atoms with Crippen LogP contribution in [0.5, 0.6) is 0 Å². The van der Waals surface area contributed by atoms with Gasteiger partial charge in [-0.2, -0.15) is 9.61 Å². The Morgan fingerprint density at radius 1 is 0.957 bits per heavy atom. The molecule has 0 saturated heterocycles. The molecule has 0 N–H and O–H groups in total. The van der Waals surface area contributed by atoms with Gasteiger partial charge in [-0.05, 0) is 24.3 Å². The van der Waals surface area contributed by atoms with E-state index in [0.29, 0.717) is 15.9 Å². The third kappa shape index (κ3) is 2.76. The zero-order valence-corrected chi connectivity index (χ0v) is 15.3. The van der Waals surface area contributed by atoms with Crippen molar-refractivity contribution < 1.29 is 0 Å². The van der Waals surface area contributed by atoms with Gasteiger partial charge >= 0.3 is 0 Å². The summed E-state index contributed by atoms with van der Waals surface area (Å²) in [7, 11) is 0. The topological polar surface area (TPSA) is 43.1 Å². The molecule has 0 saturated carbocycles. The average molecular weight is 426 g/mol. The molecule has 0 atom stereocenters. The number of hydrogen-bond acceptors (Lipinski definition) is 4. The Bertz CT molecular complexity index is 1030. The highest BCUT2D eigenvalue weighted by Crippen LogP contribution is 2.32. The minimum Gasteiger partial charge on any atom is -0.182 e. The predicted octanol–water partition coefficient (Wildman–Crippen LogP) is 5.59. The zero-order chi connectivity index (χ0) is 16.0. The lowest BCUT2D eigenvalue weighted by molar-refractivity contribution is 0.970. The van der Waals surface area contributed by atoms with E-state index >= 15 is 0 Å². The van der Waals surface area contributed by atoms with Gasteiger partial charge in [-0.1, -0.05) is 68.7 Å². The quantitative estimate of drug-likeness (QED) is 0.420. The average Bonchev–Trinajstić information content (AvgIpc) is 3.10. The largest absolute Gasteiger partial charge is 0.235 e. The van der Waals surface area contributed by atoms with Crippen molar-refractivity contribution >= 4 is 55.4 Å². The first kappa shape index (κ1) is 15.1. The van der Waals surface area contributed by atoms with Crippen LogP contribution in [0.25, 0.3) is 26.9 Å². The third-order valence-electron chi connectivity index (χ3n) is 3.24. The molecule has 2 aromatic heterocycles. The van der Waals surface area contributed by atoms with Crippen molar-refractivity contribution in [2.75, 3.05) is 0 Å². The maximum Gasteiger partial charge on any atom is 0.235 e. The van der Waals surface area contributed by atoms with E-state index in [9.17, 15) is 0 Å². The highest BCUT2D eigenvalue weighted by Gasteiger charge is 2.15. The van der Waals surface area contributed by atoms with Gasteiger partial charge in [0.15, 0.2) is 5.82 Å². The molecule has 0 fully saturated rings. The molecule has 0 amide bonds. The molecule has 8 heteroatoms. The van der Waals surface area contributed by atoms with E-state index in [1.54, 1.807) is 16.6 Å². The molecular formula is C15H7BrCl2N4S. The van der Waals surface area contributed by atoms with Gasteiger partial charge in [0.25, 0.3) is 0 Å². The van der Waals surface area contributed by atoms with Crippen LogP contribution in [0.2, 0.25) is 10.0 Å². The van der Waals surface area contributed by atoms with Gasteiger partial charge in [0.1, 0.15) is 5.01 Å². The molecule has 4 aromatic rings. The summed E-state index contributed by atoms with van der Waals surface area (Å²) in [4.78, 5) is 0.723. The molecule has 0 aliphatic heterocycles. The molecule has 23 heavy (non-hydrogen) atoms. The maximum absolute atomic E-state index is 6.09. The second-order valence-corrected chi connectivity index (χ2v) is 7.45. The van der Waals surface area contributed by atoms with E-state index < -0.39 is 0 Å². The van der Waals surface area contributed by atoms with E-state index in [2.05, 4.69) is 31.2 Å². The van der Waals surface area contributed by atoms with Crippen LogP contribution < -0.4 is 0 Å². The van der Waals surface area contributed by atoms with Crippen LogP contribution in [0.4, 0.5) is 0 Å². The highest BCUT2D eigenvalue weighted by atomic mass is 79.9. The van der Waals surface area contributed by atoms with Crippen LogP contribution in [-0.4, -0.2) is 19.8 Å². The van der Waals surface area contributed by atoms with Gasteiger partial charge in [-0.3, -0.25) is 0 Å². The molecule has 2 heterocycles. The Labute approximate surface area is 153 Å². The van der Waals surface area contributed by atoms with Crippen molar-refractivity contribution in [1.29, 1.82) is 0 Å². The van der Waals surface area contributed by atoms with Crippen LogP contribution in [0.3, 0.4) is 0 Å². The Morgan fingerprint density at radius 2 is 1.83 bits per heavy atom. The molecule has 0 bridgehead atoms. The molecule has 0 unspecified atom stereocenters. The summed E-state index contributed by atoms with van der Waals surface area (Å²) in [6.07, 6.45) is 0. The van der Waals surface area contributed by atoms with Crippen LogP contribution in [0, 0.1) is 0 Å². The van der Waals surface area contributed by atoms with Gasteiger partial charge in [-0.25, -0.2) is 0 Å². The smallest absolute Gasteiger partial charge is 0.182 e. The monoisotopic (exact) mass is 424 g/mol. The molecule has 0 radical (unpaired) electrons. The first-order valence-corrected chi connectivity index (χ1v) is 8.92. The first-order valence-electron chi connectivity index (χ1n) is 6.55. The Hall–Kier alpha value is -1.47. The van der Waals surface area contributed by atoms with Crippen molar-refractivity contribution in [3.05, 3.63) is 57.0 Å². The van der Waals surface area contributed by atoms with E-state index in [1.807, 2.05) is 30.3 Å². The molecule has 114 valence electrons. The number of hydrogen-bond donors (Lipinski definition) is 0. The summed E-state index contributed by atoms with van der Waals surface area (Å²) in [6, 6.07) is 13.3. The molecular weight excluding hydrogens is 419 g/mol. The fourth-order valence-electron chi connectivity index (χ4n) is 2.17. The fourth-order valence-corrected chi connectivity index (χ4v) is 3.70. The van der Waals surface area contributed by atoms with E-state index in [-0.39, 0.29) is 0 Å². The SMILES string of the molecule is Clc1ccc(-c2nn3c(-c4cccc(Br)c4)nnc3s2)cc1Cl. The fraction of sp³-hybridized carbons (Fsp3) is 0.